The summed E-state index contributed by atoms with van der Waals surface area (Å²) in [5.41, 5.74) is 5.53. The highest BCUT2D eigenvalue weighted by molar-refractivity contribution is 4.90. The zero-order chi connectivity index (χ0) is 8.69. The van der Waals surface area contributed by atoms with Crippen molar-refractivity contribution in [3.05, 3.63) is 11.9 Å². The van der Waals surface area contributed by atoms with Gasteiger partial charge in [-0.2, -0.15) is 0 Å². The number of rotatable bonds is 5. The molecule has 0 bridgehead atoms. The standard InChI is InChI=1S/C8H19N3/c1-4-8(9)10-6-5-7-11(2)3/h4,10H,5-7,9H2,1-3H3. The molecule has 0 aromatic heterocycles. The molecule has 0 unspecified atom stereocenters. The Bertz CT molecular complexity index is 119. The monoisotopic (exact) mass is 157 g/mol. The van der Waals surface area contributed by atoms with Crippen molar-refractivity contribution in [1.82, 2.24) is 10.2 Å². The maximum atomic E-state index is 5.53. The van der Waals surface area contributed by atoms with Crippen LogP contribution in [0.25, 0.3) is 0 Å². The number of nitrogens with one attached hydrogen (secondary N) is 1. The molecular formula is C8H19N3. The lowest BCUT2D eigenvalue weighted by Crippen LogP contribution is -2.24. The number of nitrogens with zero attached hydrogens (tertiary/aromatic N) is 1. The molecule has 0 saturated heterocycles. The largest absolute Gasteiger partial charge is 0.386 e. The molecule has 0 aliphatic rings. The third-order valence-electron chi connectivity index (χ3n) is 1.42. The summed E-state index contributed by atoms with van der Waals surface area (Å²) in [4.78, 5) is 2.16. The number of hydrogen-bond acceptors (Lipinski definition) is 3. The van der Waals surface area contributed by atoms with Crippen LogP contribution in [0.4, 0.5) is 0 Å². The van der Waals surface area contributed by atoms with Crippen molar-refractivity contribution in [2.24, 2.45) is 5.73 Å². The van der Waals surface area contributed by atoms with E-state index in [0.29, 0.717) is 0 Å². The molecule has 0 aromatic rings. The molecular weight excluding hydrogens is 138 g/mol. The second-order valence-corrected chi connectivity index (χ2v) is 2.83. The average Bonchev–Trinajstić information content (AvgIpc) is 1.97. The van der Waals surface area contributed by atoms with Gasteiger partial charge in [-0.25, -0.2) is 0 Å². The highest BCUT2D eigenvalue weighted by Crippen LogP contribution is 1.82. The zero-order valence-electron chi connectivity index (χ0n) is 7.72. The molecule has 3 heteroatoms. The Kier molecular flexibility index (Phi) is 5.65. The molecule has 11 heavy (non-hydrogen) atoms. The molecule has 3 N–H and O–H groups in total. The number of nitrogens with two attached hydrogens (primary N) is 1. The minimum absolute atomic E-state index is 0.767. The van der Waals surface area contributed by atoms with Gasteiger partial charge in [0.15, 0.2) is 0 Å². The minimum Gasteiger partial charge on any atom is -0.386 e. The molecule has 3 nitrogen and oxygen atoms in total. The van der Waals surface area contributed by atoms with E-state index < -0.39 is 0 Å². The van der Waals surface area contributed by atoms with Gasteiger partial charge >= 0.3 is 0 Å². The van der Waals surface area contributed by atoms with E-state index in [1.807, 2.05) is 13.0 Å². The van der Waals surface area contributed by atoms with E-state index in [0.717, 1.165) is 25.3 Å². The van der Waals surface area contributed by atoms with E-state index >= 15 is 0 Å². The Balaban J connectivity index is 3.15. The third kappa shape index (κ3) is 7.19. The molecule has 0 aromatic carbocycles. The average molecular weight is 157 g/mol. The van der Waals surface area contributed by atoms with Gasteiger partial charge in [0.1, 0.15) is 0 Å². The fourth-order valence-electron chi connectivity index (χ4n) is 0.730. The Morgan fingerprint density at radius 1 is 1.55 bits per heavy atom. The first-order valence-electron chi connectivity index (χ1n) is 3.97. The van der Waals surface area contributed by atoms with Gasteiger partial charge in [0, 0.05) is 6.54 Å². The van der Waals surface area contributed by atoms with Crippen molar-refractivity contribution >= 4 is 0 Å². The highest BCUT2D eigenvalue weighted by atomic mass is 15.1. The molecule has 0 radical (unpaired) electrons. The Hall–Kier alpha value is -0.700. The number of hydrogen-bond donors (Lipinski definition) is 2. The van der Waals surface area contributed by atoms with E-state index in [2.05, 4.69) is 24.3 Å². The molecule has 66 valence electrons. The summed E-state index contributed by atoms with van der Waals surface area (Å²) >= 11 is 0. The van der Waals surface area contributed by atoms with Crippen LogP contribution in [0.5, 0.6) is 0 Å². The summed E-state index contributed by atoms with van der Waals surface area (Å²) in [5.74, 6) is 0.767. The molecule has 0 amide bonds. The van der Waals surface area contributed by atoms with Crippen LogP contribution in [0.15, 0.2) is 11.9 Å². The molecule has 0 aliphatic heterocycles. The van der Waals surface area contributed by atoms with Crippen LogP contribution in [-0.4, -0.2) is 32.1 Å². The summed E-state index contributed by atoms with van der Waals surface area (Å²) < 4.78 is 0. The van der Waals surface area contributed by atoms with Crippen molar-refractivity contribution < 1.29 is 0 Å². The van der Waals surface area contributed by atoms with Crippen LogP contribution in [0, 0.1) is 0 Å². The van der Waals surface area contributed by atoms with Crippen molar-refractivity contribution in [2.45, 2.75) is 13.3 Å². The van der Waals surface area contributed by atoms with E-state index in [9.17, 15) is 0 Å². The van der Waals surface area contributed by atoms with Gasteiger partial charge < -0.3 is 16.0 Å². The zero-order valence-corrected chi connectivity index (χ0v) is 7.72. The molecule has 0 aliphatic carbocycles. The molecule has 0 fully saturated rings. The first kappa shape index (κ1) is 10.3. The van der Waals surface area contributed by atoms with Crippen molar-refractivity contribution in [3.8, 4) is 0 Å². The molecule has 0 spiro atoms. The van der Waals surface area contributed by atoms with Gasteiger partial charge in [-0.05, 0) is 40.1 Å². The first-order chi connectivity index (χ1) is 5.16. The smallest absolute Gasteiger partial charge is 0.0916 e. The number of allylic oxidation sites excluding steroid dienone is 1. The van der Waals surface area contributed by atoms with Gasteiger partial charge in [-0.15, -0.1) is 0 Å². The summed E-state index contributed by atoms with van der Waals surface area (Å²) in [6.45, 7) is 3.98. The summed E-state index contributed by atoms with van der Waals surface area (Å²) in [5, 5.41) is 3.10. The normalized spacial score (nSPS) is 12.2. The maximum absolute atomic E-state index is 5.53. The van der Waals surface area contributed by atoms with Crippen molar-refractivity contribution in [2.75, 3.05) is 27.2 Å². The van der Waals surface area contributed by atoms with Gasteiger partial charge in [0.25, 0.3) is 0 Å². The summed E-state index contributed by atoms with van der Waals surface area (Å²) in [7, 11) is 4.14. The van der Waals surface area contributed by atoms with Crippen LogP contribution in [0.1, 0.15) is 13.3 Å². The van der Waals surface area contributed by atoms with Crippen LogP contribution in [0.2, 0.25) is 0 Å². The topological polar surface area (TPSA) is 41.3 Å². The minimum atomic E-state index is 0.767. The predicted octanol–water partition coefficient (Wildman–Crippen LogP) is 0.348. The Morgan fingerprint density at radius 3 is 2.64 bits per heavy atom. The lowest BCUT2D eigenvalue weighted by Gasteiger charge is -2.10. The first-order valence-corrected chi connectivity index (χ1v) is 3.97. The predicted molar refractivity (Wildman–Crippen MR) is 49.1 cm³/mol. The van der Waals surface area contributed by atoms with E-state index in [1.54, 1.807) is 0 Å². The summed E-state index contributed by atoms with van der Waals surface area (Å²) in [6, 6.07) is 0. The Morgan fingerprint density at radius 2 is 2.18 bits per heavy atom. The van der Waals surface area contributed by atoms with Crippen LogP contribution in [0.3, 0.4) is 0 Å². The fraction of sp³-hybridized carbons (Fsp3) is 0.750. The fourth-order valence-corrected chi connectivity index (χ4v) is 0.730. The second kappa shape index (κ2) is 6.04. The molecule has 0 rings (SSSR count). The van der Waals surface area contributed by atoms with Crippen molar-refractivity contribution in [1.29, 1.82) is 0 Å². The lowest BCUT2D eigenvalue weighted by atomic mass is 10.4. The van der Waals surface area contributed by atoms with Gasteiger partial charge in [-0.3, -0.25) is 0 Å². The van der Waals surface area contributed by atoms with E-state index in [1.165, 1.54) is 0 Å². The Labute approximate surface area is 69.3 Å². The van der Waals surface area contributed by atoms with Crippen molar-refractivity contribution in [3.63, 3.8) is 0 Å². The highest BCUT2D eigenvalue weighted by Gasteiger charge is 1.89. The maximum Gasteiger partial charge on any atom is 0.0916 e. The third-order valence-corrected chi connectivity index (χ3v) is 1.42. The molecule has 0 heterocycles. The lowest BCUT2D eigenvalue weighted by molar-refractivity contribution is 0.398. The molecule has 0 saturated carbocycles. The quantitative estimate of drug-likeness (QED) is 0.566. The summed E-state index contributed by atoms with van der Waals surface area (Å²) in [6.07, 6.45) is 3.00. The van der Waals surface area contributed by atoms with Gasteiger partial charge in [-0.1, -0.05) is 0 Å². The van der Waals surface area contributed by atoms with Gasteiger partial charge in [0.2, 0.25) is 0 Å². The van der Waals surface area contributed by atoms with Crippen LogP contribution < -0.4 is 11.1 Å². The van der Waals surface area contributed by atoms with E-state index in [4.69, 9.17) is 5.73 Å². The second-order valence-electron chi connectivity index (χ2n) is 2.83. The van der Waals surface area contributed by atoms with Crippen LogP contribution in [-0.2, 0) is 0 Å². The molecule has 0 atom stereocenters. The van der Waals surface area contributed by atoms with E-state index in [-0.39, 0.29) is 0 Å². The van der Waals surface area contributed by atoms with Gasteiger partial charge in [0.05, 0.1) is 5.82 Å². The SMILES string of the molecule is CC=C(N)NCCCN(C)C. The van der Waals surface area contributed by atoms with Crippen LogP contribution >= 0.6 is 0 Å².